The van der Waals surface area contributed by atoms with Crippen molar-refractivity contribution in [1.82, 2.24) is 15.1 Å². The van der Waals surface area contributed by atoms with Crippen LogP contribution in [0.2, 0.25) is 0 Å². The Morgan fingerprint density at radius 1 is 1.33 bits per heavy atom. The average molecular weight is 297 g/mol. The molecule has 0 saturated carbocycles. The summed E-state index contributed by atoms with van der Waals surface area (Å²) in [6.07, 6.45) is 1.81. The molecule has 0 bridgehead atoms. The van der Waals surface area contributed by atoms with Crippen molar-refractivity contribution in [2.75, 3.05) is 20.8 Å². The first-order valence-electron chi connectivity index (χ1n) is 7.68. The van der Waals surface area contributed by atoms with Crippen molar-refractivity contribution in [3.63, 3.8) is 0 Å². The van der Waals surface area contributed by atoms with E-state index in [-0.39, 0.29) is 23.6 Å². The monoisotopic (exact) mass is 297 g/mol. The molecule has 122 valence electrons. The van der Waals surface area contributed by atoms with E-state index in [0.29, 0.717) is 6.61 Å². The lowest BCUT2D eigenvalue weighted by Crippen LogP contribution is -2.42. The lowest BCUT2D eigenvalue weighted by Gasteiger charge is -2.37. The van der Waals surface area contributed by atoms with Crippen LogP contribution in [0.25, 0.3) is 0 Å². The van der Waals surface area contributed by atoms with Gasteiger partial charge in [-0.25, -0.2) is 0 Å². The van der Waals surface area contributed by atoms with Gasteiger partial charge in [-0.3, -0.25) is 4.68 Å². The highest BCUT2D eigenvalue weighted by atomic mass is 16.5. The molecule has 0 aromatic carbocycles. The smallest absolute Gasteiger partial charge is 0.161 e. The summed E-state index contributed by atoms with van der Waals surface area (Å²) in [5.74, 6) is 0.803. The highest BCUT2D eigenvalue weighted by molar-refractivity contribution is 5.30. The van der Waals surface area contributed by atoms with Crippen LogP contribution in [-0.2, 0) is 4.74 Å². The SMILES string of the molecule is CCOC(C(NC)c1c(OC)cnn1C(C)C)C(C)(C)C. The van der Waals surface area contributed by atoms with Crippen LogP contribution < -0.4 is 10.1 Å². The van der Waals surface area contributed by atoms with Crippen molar-refractivity contribution in [2.24, 2.45) is 5.41 Å². The summed E-state index contributed by atoms with van der Waals surface area (Å²) in [6, 6.07) is 0.284. The number of likely N-dealkylation sites (N-methyl/N-ethyl adjacent to an activating group) is 1. The molecule has 1 N–H and O–H groups in total. The highest BCUT2D eigenvalue weighted by Gasteiger charge is 2.37. The van der Waals surface area contributed by atoms with Gasteiger partial charge in [-0.05, 0) is 33.2 Å². The molecule has 1 aromatic rings. The summed E-state index contributed by atoms with van der Waals surface area (Å²) in [5, 5.41) is 7.88. The van der Waals surface area contributed by atoms with Crippen LogP contribution >= 0.6 is 0 Å². The molecule has 0 aliphatic rings. The molecule has 0 fully saturated rings. The maximum atomic E-state index is 6.06. The third kappa shape index (κ3) is 3.98. The molecule has 5 nitrogen and oxygen atoms in total. The summed E-state index contributed by atoms with van der Waals surface area (Å²) >= 11 is 0. The number of hydrogen-bond donors (Lipinski definition) is 1. The molecule has 0 saturated heterocycles. The first kappa shape index (κ1) is 18.0. The minimum absolute atomic E-state index is 0.000771. The van der Waals surface area contributed by atoms with Gasteiger partial charge in [0, 0.05) is 12.6 Å². The third-order valence-corrected chi connectivity index (χ3v) is 3.62. The van der Waals surface area contributed by atoms with Gasteiger partial charge in [0.15, 0.2) is 5.75 Å². The molecule has 1 aromatic heterocycles. The summed E-state index contributed by atoms with van der Waals surface area (Å²) in [6.45, 7) is 13.5. The van der Waals surface area contributed by atoms with E-state index < -0.39 is 0 Å². The summed E-state index contributed by atoms with van der Waals surface area (Å²) in [7, 11) is 3.64. The Kier molecular flexibility index (Phi) is 6.23. The number of methoxy groups -OCH3 is 1. The van der Waals surface area contributed by atoms with Gasteiger partial charge < -0.3 is 14.8 Å². The largest absolute Gasteiger partial charge is 0.493 e. The van der Waals surface area contributed by atoms with Gasteiger partial charge in [0.2, 0.25) is 0 Å². The third-order valence-electron chi connectivity index (χ3n) is 3.62. The normalized spacial score (nSPS) is 15.3. The Labute approximate surface area is 129 Å². The summed E-state index contributed by atoms with van der Waals surface area (Å²) < 4.78 is 13.6. The van der Waals surface area contributed by atoms with E-state index in [1.165, 1.54) is 0 Å². The second kappa shape index (κ2) is 7.27. The topological polar surface area (TPSA) is 48.3 Å². The van der Waals surface area contributed by atoms with Crippen molar-refractivity contribution in [1.29, 1.82) is 0 Å². The van der Waals surface area contributed by atoms with Crippen LogP contribution in [0.1, 0.15) is 59.3 Å². The second-order valence-electron chi connectivity index (χ2n) is 6.64. The zero-order valence-electron chi connectivity index (χ0n) is 14.7. The van der Waals surface area contributed by atoms with E-state index in [2.05, 4.69) is 45.0 Å². The van der Waals surface area contributed by atoms with E-state index in [1.54, 1.807) is 13.3 Å². The van der Waals surface area contributed by atoms with Gasteiger partial charge in [-0.2, -0.15) is 5.10 Å². The average Bonchev–Trinajstić information content (AvgIpc) is 2.81. The fourth-order valence-electron chi connectivity index (χ4n) is 2.68. The van der Waals surface area contributed by atoms with Crippen LogP contribution in [-0.4, -0.2) is 36.6 Å². The number of rotatable bonds is 7. The van der Waals surface area contributed by atoms with Crippen molar-refractivity contribution >= 4 is 0 Å². The van der Waals surface area contributed by atoms with Crippen LogP contribution in [0, 0.1) is 5.41 Å². The number of nitrogens with zero attached hydrogens (tertiary/aromatic N) is 2. The van der Waals surface area contributed by atoms with Gasteiger partial charge in [-0.1, -0.05) is 20.8 Å². The minimum Gasteiger partial charge on any atom is -0.493 e. The van der Waals surface area contributed by atoms with Gasteiger partial charge in [-0.15, -0.1) is 0 Å². The number of aromatic nitrogens is 2. The molecule has 21 heavy (non-hydrogen) atoms. The molecule has 1 heterocycles. The molecule has 5 heteroatoms. The van der Waals surface area contributed by atoms with Crippen molar-refractivity contribution in [3.05, 3.63) is 11.9 Å². The fourth-order valence-corrected chi connectivity index (χ4v) is 2.68. The van der Waals surface area contributed by atoms with Crippen LogP contribution in [0.15, 0.2) is 6.20 Å². The fraction of sp³-hybridized carbons (Fsp3) is 0.812. The molecule has 1 rings (SSSR count). The zero-order chi connectivity index (χ0) is 16.2. The van der Waals surface area contributed by atoms with Gasteiger partial charge in [0.1, 0.15) is 5.69 Å². The Morgan fingerprint density at radius 2 is 1.95 bits per heavy atom. The first-order chi connectivity index (χ1) is 9.77. The number of nitrogens with one attached hydrogen (secondary N) is 1. The molecule has 0 radical (unpaired) electrons. The van der Waals surface area contributed by atoms with E-state index >= 15 is 0 Å². The van der Waals surface area contributed by atoms with Crippen molar-refractivity contribution in [2.45, 2.75) is 59.7 Å². The molecule has 2 unspecified atom stereocenters. The molecular formula is C16H31N3O2. The van der Waals surface area contributed by atoms with Gasteiger partial charge in [0.05, 0.1) is 25.5 Å². The van der Waals surface area contributed by atoms with Crippen LogP contribution in [0.5, 0.6) is 5.75 Å². The van der Waals surface area contributed by atoms with E-state index in [1.807, 2.05) is 18.7 Å². The van der Waals surface area contributed by atoms with Crippen molar-refractivity contribution in [3.8, 4) is 5.75 Å². The Balaban J connectivity index is 3.33. The maximum absolute atomic E-state index is 6.06. The second-order valence-corrected chi connectivity index (χ2v) is 6.64. The minimum atomic E-state index is 0.000771. The predicted molar refractivity (Wildman–Crippen MR) is 85.8 cm³/mol. The van der Waals surface area contributed by atoms with E-state index in [0.717, 1.165) is 11.4 Å². The Hall–Kier alpha value is -1.07. The van der Waals surface area contributed by atoms with E-state index in [9.17, 15) is 0 Å². The van der Waals surface area contributed by atoms with Gasteiger partial charge in [0.25, 0.3) is 0 Å². The Bertz CT molecular complexity index is 435. The lowest BCUT2D eigenvalue weighted by molar-refractivity contribution is -0.0374. The Morgan fingerprint density at radius 3 is 2.33 bits per heavy atom. The van der Waals surface area contributed by atoms with Crippen molar-refractivity contribution < 1.29 is 9.47 Å². The highest BCUT2D eigenvalue weighted by Crippen LogP contribution is 2.37. The van der Waals surface area contributed by atoms with Crippen LogP contribution in [0.3, 0.4) is 0 Å². The molecular weight excluding hydrogens is 266 g/mol. The number of hydrogen-bond acceptors (Lipinski definition) is 4. The van der Waals surface area contributed by atoms with Gasteiger partial charge >= 0.3 is 0 Å². The summed E-state index contributed by atoms with van der Waals surface area (Å²) in [4.78, 5) is 0. The molecule has 0 aliphatic heterocycles. The molecule has 2 atom stereocenters. The predicted octanol–water partition coefficient (Wildman–Crippen LogP) is 3.18. The maximum Gasteiger partial charge on any atom is 0.161 e. The standard InChI is InChI=1S/C16H31N3O2/c1-9-21-15(16(4,5)6)13(17-7)14-12(20-8)10-18-19(14)11(2)3/h10-11,13,15,17H,9H2,1-8H3. The number of ether oxygens (including phenoxy) is 2. The van der Waals surface area contributed by atoms with Crippen LogP contribution in [0.4, 0.5) is 0 Å². The first-order valence-corrected chi connectivity index (χ1v) is 7.68. The quantitative estimate of drug-likeness (QED) is 0.839. The lowest BCUT2D eigenvalue weighted by atomic mass is 9.83. The summed E-state index contributed by atoms with van der Waals surface area (Å²) in [5.41, 5.74) is 1.05. The molecule has 0 aliphatic carbocycles. The zero-order valence-corrected chi connectivity index (χ0v) is 14.7. The molecule has 0 spiro atoms. The molecule has 0 amide bonds. The van der Waals surface area contributed by atoms with E-state index in [4.69, 9.17) is 9.47 Å².